The molecule has 0 aromatic heterocycles. The van der Waals surface area contributed by atoms with Gasteiger partial charge in [0.05, 0.1) is 4.92 Å². The molecule has 2 rings (SSSR count). The van der Waals surface area contributed by atoms with Crippen LogP contribution in [0.3, 0.4) is 0 Å². The van der Waals surface area contributed by atoms with Crippen LogP contribution in [0.15, 0.2) is 36.0 Å². The highest BCUT2D eigenvalue weighted by Crippen LogP contribution is 2.48. The highest BCUT2D eigenvalue weighted by Gasteiger charge is 2.53. The number of aliphatic carboxylic acids is 4. The number of carbonyl (C=O) groups is 4. The van der Waals surface area contributed by atoms with E-state index in [9.17, 15) is 49.7 Å². The first-order valence-corrected chi connectivity index (χ1v) is 8.92. The lowest BCUT2D eigenvalue weighted by molar-refractivity contribution is -0.384. The Morgan fingerprint density at radius 1 is 1.03 bits per heavy atom. The van der Waals surface area contributed by atoms with Crippen molar-refractivity contribution in [1.29, 1.82) is 0 Å². The van der Waals surface area contributed by atoms with Crippen molar-refractivity contribution in [2.45, 2.75) is 25.3 Å². The molecule has 0 bridgehead atoms. The van der Waals surface area contributed by atoms with Gasteiger partial charge in [0.2, 0.25) is 0 Å². The molecule has 1 heterocycles. The Kier molecular flexibility index (Phi) is 6.33. The van der Waals surface area contributed by atoms with Crippen LogP contribution in [0.1, 0.15) is 25.3 Å². The van der Waals surface area contributed by atoms with Gasteiger partial charge in [0.1, 0.15) is 0 Å². The van der Waals surface area contributed by atoms with Crippen LogP contribution in [-0.4, -0.2) is 54.8 Å². The monoisotopic (exact) mass is 436 g/mol. The number of hydrogen-bond donors (Lipinski definition) is 5. The van der Waals surface area contributed by atoms with Crippen LogP contribution >= 0.6 is 0 Å². The van der Waals surface area contributed by atoms with Crippen LogP contribution in [0.4, 0.5) is 5.69 Å². The Balaban J connectivity index is 2.87. The molecule has 0 spiro atoms. The molecule has 166 valence electrons. The summed E-state index contributed by atoms with van der Waals surface area (Å²) in [4.78, 5) is 57.6. The Bertz CT molecular complexity index is 956. The SMILES string of the molecule is CC1(C)NC=C(C(C(=O)O)C(=O)O)C(c2cccc([N+](=O)[O-])c2)C1C(C(=O)O)C(=O)O. The Morgan fingerprint density at radius 3 is 2.03 bits per heavy atom. The van der Waals surface area contributed by atoms with E-state index in [0.717, 1.165) is 18.3 Å². The number of non-ortho nitro benzene ring substituents is 1. The number of nitrogens with zero attached hydrogens (tertiary/aromatic N) is 1. The van der Waals surface area contributed by atoms with E-state index in [1.165, 1.54) is 26.0 Å². The maximum absolute atomic E-state index is 11.9. The molecule has 0 aliphatic carbocycles. The van der Waals surface area contributed by atoms with E-state index >= 15 is 0 Å². The van der Waals surface area contributed by atoms with E-state index in [4.69, 9.17) is 0 Å². The second-order valence-corrected chi connectivity index (χ2v) is 7.63. The lowest BCUT2D eigenvalue weighted by Gasteiger charge is -2.47. The van der Waals surface area contributed by atoms with Crippen molar-refractivity contribution >= 4 is 29.6 Å². The summed E-state index contributed by atoms with van der Waals surface area (Å²) in [6, 6.07) is 4.80. The van der Waals surface area contributed by atoms with Crippen molar-refractivity contribution in [2.75, 3.05) is 0 Å². The molecule has 12 heteroatoms. The van der Waals surface area contributed by atoms with Crippen molar-refractivity contribution in [2.24, 2.45) is 17.8 Å². The number of nitro benzene ring substituents is 1. The summed E-state index contributed by atoms with van der Waals surface area (Å²) in [6.07, 6.45) is 1.10. The molecule has 0 saturated carbocycles. The molecule has 1 aromatic carbocycles. The number of nitrogens with one attached hydrogen (secondary N) is 1. The van der Waals surface area contributed by atoms with Gasteiger partial charge >= 0.3 is 23.9 Å². The molecular formula is C19H20N2O10. The molecule has 2 unspecified atom stereocenters. The van der Waals surface area contributed by atoms with Gasteiger partial charge in [-0.25, -0.2) is 0 Å². The summed E-state index contributed by atoms with van der Waals surface area (Å²) < 4.78 is 0. The third kappa shape index (κ3) is 4.47. The molecule has 0 fully saturated rings. The number of benzene rings is 1. The third-order valence-electron chi connectivity index (χ3n) is 5.32. The van der Waals surface area contributed by atoms with E-state index in [1.54, 1.807) is 0 Å². The van der Waals surface area contributed by atoms with Crippen LogP contribution in [-0.2, 0) is 19.2 Å². The topological polar surface area (TPSA) is 204 Å². The van der Waals surface area contributed by atoms with Gasteiger partial charge in [0.15, 0.2) is 11.8 Å². The summed E-state index contributed by atoms with van der Waals surface area (Å²) in [5.41, 5.74) is -1.96. The maximum Gasteiger partial charge on any atom is 0.322 e. The predicted molar refractivity (Wildman–Crippen MR) is 102 cm³/mol. The largest absolute Gasteiger partial charge is 0.481 e. The highest BCUT2D eigenvalue weighted by molar-refractivity contribution is 5.97. The standard InChI is InChI=1S/C19H20N2O10/c1-19(2)14(13(17(26)27)18(28)29)11(8-4-3-5-9(6-8)21(30)31)10(7-20-19)12(15(22)23)16(24)25/h3-7,11-14,20H,1-2H3,(H,22,23)(H,24,25)(H,26,27)(H,28,29). The van der Waals surface area contributed by atoms with Crippen molar-refractivity contribution in [3.05, 3.63) is 51.7 Å². The molecular weight excluding hydrogens is 416 g/mol. The predicted octanol–water partition coefficient (Wildman–Crippen LogP) is 1.13. The molecule has 1 aromatic rings. The first-order valence-electron chi connectivity index (χ1n) is 8.92. The molecule has 12 nitrogen and oxygen atoms in total. The molecule has 1 aliphatic heterocycles. The van der Waals surface area contributed by atoms with E-state index in [-0.39, 0.29) is 11.1 Å². The lowest BCUT2D eigenvalue weighted by Crippen LogP contribution is -2.56. The molecule has 0 amide bonds. The zero-order chi connectivity index (χ0) is 23.7. The molecule has 31 heavy (non-hydrogen) atoms. The van der Waals surface area contributed by atoms with Gasteiger partial charge in [-0.05, 0) is 31.2 Å². The van der Waals surface area contributed by atoms with Crippen molar-refractivity contribution in [1.82, 2.24) is 5.32 Å². The molecule has 1 aliphatic rings. The minimum atomic E-state index is -2.14. The number of carboxylic acids is 4. The number of carboxylic acid groups (broad SMARTS) is 4. The van der Waals surface area contributed by atoms with Gasteiger partial charge in [0, 0.05) is 29.5 Å². The van der Waals surface area contributed by atoms with Crippen LogP contribution in [0, 0.1) is 27.9 Å². The second-order valence-electron chi connectivity index (χ2n) is 7.63. The van der Waals surface area contributed by atoms with Crippen molar-refractivity contribution < 1.29 is 44.5 Å². The second kappa shape index (κ2) is 8.42. The summed E-state index contributed by atoms with van der Waals surface area (Å²) in [5.74, 6) is -13.9. The highest BCUT2D eigenvalue weighted by atomic mass is 16.6. The lowest BCUT2D eigenvalue weighted by atomic mass is 9.62. The fraction of sp³-hybridized carbons (Fsp3) is 0.368. The quantitative estimate of drug-likeness (QED) is 0.222. The van der Waals surface area contributed by atoms with Crippen LogP contribution in [0.2, 0.25) is 0 Å². The summed E-state index contributed by atoms with van der Waals surface area (Å²) >= 11 is 0. The Morgan fingerprint density at radius 2 is 1.58 bits per heavy atom. The summed E-state index contributed by atoms with van der Waals surface area (Å²) in [6.45, 7) is 2.95. The number of rotatable bonds is 8. The van der Waals surface area contributed by atoms with Crippen LogP contribution in [0.25, 0.3) is 0 Å². The third-order valence-corrected chi connectivity index (χ3v) is 5.32. The van der Waals surface area contributed by atoms with Gasteiger partial charge in [-0.2, -0.15) is 0 Å². The summed E-state index contributed by atoms with van der Waals surface area (Å²) in [5, 5.41) is 52.1. The van der Waals surface area contributed by atoms with Gasteiger partial charge in [0.25, 0.3) is 5.69 Å². The molecule has 5 N–H and O–H groups in total. The van der Waals surface area contributed by atoms with E-state index in [0.29, 0.717) is 0 Å². The normalized spacial score (nSPS) is 19.9. The number of nitro groups is 1. The van der Waals surface area contributed by atoms with Crippen LogP contribution < -0.4 is 5.32 Å². The molecule has 0 saturated heterocycles. The fourth-order valence-electron chi connectivity index (χ4n) is 3.99. The minimum Gasteiger partial charge on any atom is -0.481 e. The Labute approximate surface area is 175 Å². The van der Waals surface area contributed by atoms with Crippen molar-refractivity contribution in [3.8, 4) is 0 Å². The number of hydrogen-bond acceptors (Lipinski definition) is 7. The zero-order valence-electron chi connectivity index (χ0n) is 16.4. The smallest absolute Gasteiger partial charge is 0.322 e. The Hall–Kier alpha value is -3.96. The van der Waals surface area contributed by atoms with Gasteiger partial charge in [-0.1, -0.05) is 12.1 Å². The van der Waals surface area contributed by atoms with Gasteiger partial charge in [-0.15, -0.1) is 0 Å². The van der Waals surface area contributed by atoms with Crippen LogP contribution in [0.5, 0.6) is 0 Å². The maximum atomic E-state index is 11.9. The average molecular weight is 436 g/mol. The summed E-state index contributed by atoms with van der Waals surface area (Å²) in [7, 11) is 0. The first-order chi connectivity index (χ1) is 14.3. The van der Waals surface area contributed by atoms with E-state index < -0.39 is 63.7 Å². The fourth-order valence-corrected chi connectivity index (χ4v) is 3.99. The van der Waals surface area contributed by atoms with E-state index in [2.05, 4.69) is 5.32 Å². The molecule has 0 radical (unpaired) electrons. The average Bonchev–Trinajstić information content (AvgIpc) is 2.63. The van der Waals surface area contributed by atoms with Gasteiger partial charge in [-0.3, -0.25) is 29.3 Å². The molecule has 2 atom stereocenters. The minimum absolute atomic E-state index is 0.0278. The zero-order valence-corrected chi connectivity index (χ0v) is 16.4. The van der Waals surface area contributed by atoms with Gasteiger partial charge < -0.3 is 25.7 Å². The first kappa shape index (κ1) is 23.3. The van der Waals surface area contributed by atoms with E-state index in [1.807, 2.05) is 0 Å². The van der Waals surface area contributed by atoms with Crippen molar-refractivity contribution in [3.63, 3.8) is 0 Å².